The first-order chi connectivity index (χ1) is 9.03. The highest BCUT2D eigenvalue weighted by Gasteiger charge is 2.33. The Hall–Kier alpha value is -1.57. The Bertz CT molecular complexity index is 463. The molecule has 1 rings (SSSR count). The lowest BCUT2D eigenvalue weighted by molar-refractivity contribution is -0.142. The molecule has 20 heavy (non-hydrogen) atoms. The van der Waals surface area contributed by atoms with Crippen LogP contribution in [-0.2, 0) is 17.5 Å². The highest BCUT2D eigenvalue weighted by molar-refractivity contribution is 5.75. The highest BCUT2D eigenvalue weighted by atomic mass is 19.4. The van der Waals surface area contributed by atoms with Crippen LogP contribution in [0.3, 0.4) is 0 Å². The predicted octanol–water partition coefficient (Wildman–Crippen LogP) is 1.52. The monoisotopic (exact) mass is 293 g/mol. The molecule has 0 bridgehead atoms. The first-order valence-corrected chi connectivity index (χ1v) is 6.13. The maximum atomic E-state index is 12.4. The molecule has 0 unspecified atom stereocenters. The molecule has 5 nitrogen and oxygen atoms in total. The Balaban J connectivity index is 2.72. The Kier molecular flexibility index (Phi) is 4.80. The Morgan fingerprint density at radius 2 is 2.05 bits per heavy atom. The fourth-order valence-electron chi connectivity index (χ4n) is 1.68. The number of halogens is 3. The smallest absolute Gasteiger partial charge is 0.389 e. The van der Waals surface area contributed by atoms with Gasteiger partial charge in [-0.15, -0.1) is 0 Å². The largest absolute Gasteiger partial charge is 0.435 e. The lowest BCUT2D eigenvalue weighted by Crippen LogP contribution is -2.43. The van der Waals surface area contributed by atoms with Gasteiger partial charge < -0.3 is 10.0 Å². The van der Waals surface area contributed by atoms with E-state index in [1.165, 1.54) is 4.90 Å². The van der Waals surface area contributed by atoms with Crippen LogP contribution in [0.1, 0.15) is 26.5 Å². The number of aliphatic hydroxyl groups is 1. The molecule has 0 aromatic carbocycles. The first kappa shape index (κ1) is 16.5. The molecule has 0 saturated carbocycles. The van der Waals surface area contributed by atoms with Crippen molar-refractivity contribution < 1.29 is 23.1 Å². The van der Waals surface area contributed by atoms with Crippen LogP contribution in [0.2, 0.25) is 0 Å². The minimum Gasteiger partial charge on any atom is -0.389 e. The average molecular weight is 293 g/mol. The van der Waals surface area contributed by atoms with Crippen LogP contribution in [0.15, 0.2) is 12.3 Å². The van der Waals surface area contributed by atoms with Crippen molar-refractivity contribution in [3.05, 3.63) is 18.0 Å². The van der Waals surface area contributed by atoms with E-state index >= 15 is 0 Å². The zero-order valence-electron chi connectivity index (χ0n) is 11.6. The molecule has 0 saturated heterocycles. The van der Waals surface area contributed by atoms with Crippen molar-refractivity contribution in [3.63, 3.8) is 0 Å². The average Bonchev–Trinajstić information content (AvgIpc) is 2.72. The number of likely N-dealkylation sites (N-methyl/N-ethyl adjacent to an activating group) is 1. The van der Waals surface area contributed by atoms with E-state index < -0.39 is 23.4 Å². The molecule has 1 aromatic heterocycles. The normalized spacial score (nSPS) is 12.6. The number of alkyl halides is 3. The number of rotatable bonds is 5. The van der Waals surface area contributed by atoms with Crippen LogP contribution < -0.4 is 0 Å². The Morgan fingerprint density at radius 1 is 1.45 bits per heavy atom. The molecule has 8 heteroatoms. The van der Waals surface area contributed by atoms with Gasteiger partial charge in [0.05, 0.1) is 5.60 Å². The Morgan fingerprint density at radius 3 is 2.45 bits per heavy atom. The van der Waals surface area contributed by atoms with Gasteiger partial charge in [-0.1, -0.05) is 0 Å². The summed E-state index contributed by atoms with van der Waals surface area (Å²) in [6.07, 6.45) is -3.41. The van der Waals surface area contributed by atoms with Gasteiger partial charge in [0, 0.05) is 19.3 Å². The predicted molar refractivity (Wildman–Crippen MR) is 65.8 cm³/mol. The van der Waals surface area contributed by atoms with Gasteiger partial charge in [-0.05, 0) is 26.8 Å². The summed E-state index contributed by atoms with van der Waals surface area (Å²) >= 11 is 0. The fourth-order valence-corrected chi connectivity index (χ4v) is 1.68. The summed E-state index contributed by atoms with van der Waals surface area (Å²) in [5, 5.41) is 13.0. The second kappa shape index (κ2) is 5.82. The summed E-state index contributed by atoms with van der Waals surface area (Å²) in [5.74, 6) is -0.397. The van der Waals surface area contributed by atoms with E-state index in [2.05, 4.69) is 5.10 Å². The second-order valence-electron chi connectivity index (χ2n) is 5.12. The highest BCUT2D eigenvalue weighted by Crippen LogP contribution is 2.27. The van der Waals surface area contributed by atoms with E-state index in [0.717, 1.165) is 16.9 Å². The van der Waals surface area contributed by atoms with E-state index in [9.17, 15) is 23.1 Å². The number of nitrogens with zero attached hydrogens (tertiary/aromatic N) is 3. The number of carbonyl (C=O) groups is 1. The third kappa shape index (κ3) is 4.84. The van der Waals surface area contributed by atoms with Crippen LogP contribution in [-0.4, -0.2) is 44.4 Å². The van der Waals surface area contributed by atoms with Gasteiger partial charge in [0.2, 0.25) is 5.91 Å². The molecule has 1 aromatic rings. The number of hydrogen-bond acceptors (Lipinski definition) is 3. The van der Waals surface area contributed by atoms with Crippen LogP contribution in [0.25, 0.3) is 0 Å². The maximum absolute atomic E-state index is 12.4. The van der Waals surface area contributed by atoms with Crippen molar-refractivity contribution in [1.82, 2.24) is 14.7 Å². The van der Waals surface area contributed by atoms with Crippen LogP contribution >= 0.6 is 0 Å². The topological polar surface area (TPSA) is 58.4 Å². The fraction of sp³-hybridized carbons (Fsp3) is 0.667. The van der Waals surface area contributed by atoms with Crippen molar-refractivity contribution in [2.75, 3.05) is 13.1 Å². The molecule has 0 aliphatic heterocycles. The number of aromatic nitrogens is 2. The standard InChI is InChI=1S/C12H18F3N3O2/c1-4-17(8-11(2,3)20)10(19)7-18-6-5-9(16-18)12(13,14)15/h5-6,20H,4,7-8H2,1-3H3. The van der Waals surface area contributed by atoms with E-state index in [1.54, 1.807) is 20.8 Å². The molecule has 0 atom stereocenters. The summed E-state index contributed by atoms with van der Waals surface area (Å²) < 4.78 is 38.1. The van der Waals surface area contributed by atoms with Gasteiger partial charge in [-0.25, -0.2) is 0 Å². The summed E-state index contributed by atoms with van der Waals surface area (Å²) in [6, 6.07) is 0.819. The third-order valence-corrected chi connectivity index (χ3v) is 2.54. The minimum absolute atomic E-state index is 0.107. The molecule has 0 aliphatic rings. The molecule has 0 spiro atoms. The van der Waals surface area contributed by atoms with Crippen LogP contribution in [0.5, 0.6) is 0 Å². The lowest BCUT2D eigenvalue weighted by atomic mass is 10.1. The van der Waals surface area contributed by atoms with E-state index in [4.69, 9.17) is 0 Å². The van der Waals surface area contributed by atoms with Crippen molar-refractivity contribution in [3.8, 4) is 0 Å². The second-order valence-corrected chi connectivity index (χ2v) is 5.12. The van der Waals surface area contributed by atoms with Crippen molar-refractivity contribution >= 4 is 5.91 Å². The van der Waals surface area contributed by atoms with E-state index in [-0.39, 0.29) is 13.1 Å². The van der Waals surface area contributed by atoms with Crippen molar-refractivity contribution in [2.45, 2.75) is 39.1 Å². The molecular formula is C12H18F3N3O2. The van der Waals surface area contributed by atoms with Gasteiger partial charge in [0.25, 0.3) is 0 Å². The molecule has 0 radical (unpaired) electrons. The molecule has 0 fully saturated rings. The molecule has 1 amide bonds. The van der Waals surface area contributed by atoms with Gasteiger partial charge >= 0.3 is 6.18 Å². The van der Waals surface area contributed by atoms with Gasteiger partial charge in [-0.3, -0.25) is 9.48 Å². The van der Waals surface area contributed by atoms with Gasteiger partial charge in [0.15, 0.2) is 5.69 Å². The summed E-state index contributed by atoms with van der Waals surface area (Å²) in [5.41, 5.74) is -2.09. The summed E-state index contributed by atoms with van der Waals surface area (Å²) in [4.78, 5) is 13.3. The molecular weight excluding hydrogens is 275 g/mol. The van der Waals surface area contributed by atoms with E-state index in [1.807, 2.05) is 0 Å². The summed E-state index contributed by atoms with van der Waals surface area (Å²) in [6.45, 7) is 5.01. The first-order valence-electron chi connectivity index (χ1n) is 6.13. The SMILES string of the molecule is CCN(CC(C)(C)O)C(=O)Cn1ccc(C(F)(F)F)n1. The Labute approximate surface area is 115 Å². The molecule has 114 valence electrons. The zero-order valence-corrected chi connectivity index (χ0v) is 11.6. The third-order valence-electron chi connectivity index (χ3n) is 2.54. The van der Waals surface area contributed by atoms with Gasteiger partial charge in [-0.2, -0.15) is 18.3 Å². The number of hydrogen-bond donors (Lipinski definition) is 1. The minimum atomic E-state index is -4.52. The van der Waals surface area contributed by atoms with Crippen LogP contribution in [0.4, 0.5) is 13.2 Å². The molecule has 1 heterocycles. The quantitative estimate of drug-likeness (QED) is 0.895. The summed E-state index contributed by atoms with van der Waals surface area (Å²) in [7, 11) is 0. The maximum Gasteiger partial charge on any atom is 0.435 e. The van der Waals surface area contributed by atoms with E-state index in [0.29, 0.717) is 6.54 Å². The number of amides is 1. The van der Waals surface area contributed by atoms with Crippen molar-refractivity contribution in [2.24, 2.45) is 0 Å². The van der Waals surface area contributed by atoms with Gasteiger partial charge in [0.1, 0.15) is 6.54 Å². The van der Waals surface area contributed by atoms with Crippen molar-refractivity contribution in [1.29, 1.82) is 0 Å². The zero-order chi connectivity index (χ0) is 15.6. The van der Waals surface area contributed by atoms with Crippen LogP contribution in [0, 0.1) is 0 Å². The number of carbonyl (C=O) groups excluding carboxylic acids is 1. The lowest BCUT2D eigenvalue weighted by Gasteiger charge is -2.28. The molecule has 0 aliphatic carbocycles. The molecule has 1 N–H and O–H groups in total.